The number of hydrogen-bond donors (Lipinski definition) is 0. The number of benzene rings is 2. The standard InChI is InChI=1S/C18H17ClN2/c1-18(9-10-20)13-21(12-14-5-3-2-4-6-14)17-8-7-15(19)11-16(17)18/h2-8,11H,9,12-13H2,1H3. The summed E-state index contributed by atoms with van der Waals surface area (Å²) in [7, 11) is 0. The fourth-order valence-corrected chi connectivity index (χ4v) is 3.30. The van der Waals surface area contributed by atoms with Gasteiger partial charge >= 0.3 is 0 Å². The van der Waals surface area contributed by atoms with Gasteiger partial charge in [0.2, 0.25) is 0 Å². The Balaban J connectivity index is 1.97. The van der Waals surface area contributed by atoms with E-state index in [0.717, 1.165) is 18.1 Å². The third-order valence-corrected chi connectivity index (χ3v) is 4.41. The van der Waals surface area contributed by atoms with E-state index in [1.54, 1.807) is 0 Å². The van der Waals surface area contributed by atoms with Crippen molar-refractivity contribution in [3.63, 3.8) is 0 Å². The molecule has 2 aromatic rings. The quantitative estimate of drug-likeness (QED) is 0.832. The van der Waals surface area contributed by atoms with E-state index >= 15 is 0 Å². The van der Waals surface area contributed by atoms with Gasteiger partial charge < -0.3 is 4.90 Å². The molecule has 1 atom stereocenters. The molecule has 0 fully saturated rings. The summed E-state index contributed by atoms with van der Waals surface area (Å²) in [5.74, 6) is 0. The number of hydrogen-bond acceptors (Lipinski definition) is 2. The zero-order valence-corrected chi connectivity index (χ0v) is 12.8. The molecule has 0 bridgehead atoms. The van der Waals surface area contributed by atoms with Gasteiger partial charge in [0, 0.05) is 35.6 Å². The van der Waals surface area contributed by atoms with Gasteiger partial charge in [-0.3, -0.25) is 0 Å². The Morgan fingerprint density at radius 3 is 2.71 bits per heavy atom. The van der Waals surface area contributed by atoms with Crippen molar-refractivity contribution in [1.82, 2.24) is 0 Å². The highest BCUT2D eigenvalue weighted by Gasteiger charge is 2.38. The lowest BCUT2D eigenvalue weighted by Crippen LogP contribution is -2.30. The van der Waals surface area contributed by atoms with Crippen LogP contribution in [0, 0.1) is 11.3 Å². The van der Waals surface area contributed by atoms with E-state index in [-0.39, 0.29) is 5.41 Å². The van der Waals surface area contributed by atoms with Crippen LogP contribution in [-0.2, 0) is 12.0 Å². The molecule has 0 N–H and O–H groups in total. The monoisotopic (exact) mass is 296 g/mol. The van der Waals surface area contributed by atoms with E-state index in [4.69, 9.17) is 16.9 Å². The van der Waals surface area contributed by atoms with Crippen molar-refractivity contribution in [2.75, 3.05) is 11.4 Å². The van der Waals surface area contributed by atoms with E-state index in [0.29, 0.717) is 6.42 Å². The van der Waals surface area contributed by atoms with Crippen LogP contribution >= 0.6 is 11.6 Å². The first-order chi connectivity index (χ1) is 10.1. The highest BCUT2D eigenvalue weighted by molar-refractivity contribution is 6.30. The second kappa shape index (κ2) is 5.42. The van der Waals surface area contributed by atoms with Crippen LogP contribution in [0.2, 0.25) is 5.02 Å². The van der Waals surface area contributed by atoms with Gasteiger partial charge in [0.15, 0.2) is 0 Å². The molecule has 1 unspecified atom stereocenters. The summed E-state index contributed by atoms with van der Waals surface area (Å²) in [6, 6.07) is 18.8. The Kier molecular flexibility index (Phi) is 3.61. The molecule has 3 heteroatoms. The molecule has 0 radical (unpaired) electrons. The summed E-state index contributed by atoms with van der Waals surface area (Å²) in [6.07, 6.45) is 0.506. The topological polar surface area (TPSA) is 27.0 Å². The minimum absolute atomic E-state index is 0.149. The summed E-state index contributed by atoms with van der Waals surface area (Å²) in [4.78, 5) is 2.35. The normalized spacial score (nSPS) is 20.1. The second-order valence-corrected chi connectivity index (χ2v) is 6.34. The molecule has 3 rings (SSSR count). The van der Waals surface area contributed by atoms with Gasteiger partial charge in [0.25, 0.3) is 0 Å². The smallest absolute Gasteiger partial charge is 0.0631 e. The first-order valence-corrected chi connectivity index (χ1v) is 7.46. The van der Waals surface area contributed by atoms with Crippen LogP contribution in [0.1, 0.15) is 24.5 Å². The highest BCUT2D eigenvalue weighted by Crippen LogP contribution is 2.44. The molecule has 1 aliphatic heterocycles. The van der Waals surface area contributed by atoms with Crippen molar-refractivity contribution in [3.05, 3.63) is 64.7 Å². The number of anilines is 1. The summed E-state index contributed by atoms with van der Waals surface area (Å²) in [5.41, 5.74) is 3.51. The molecule has 0 aromatic heterocycles. The number of halogens is 1. The van der Waals surface area contributed by atoms with Crippen LogP contribution in [0.5, 0.6) is 0 Å². The summed E-state index contributed by atoms with van der Waals surface area (Å²) in [6.45, 7) is 3.86. The van der Waals surface area contributed by atoms with Crippen molar-refractivity contribution in [2.45, 2.75) is 25.3 Å². The number of nitrogens with zero attached hydrogens (tertiary/aromatic N) is 2. The summed E-state index contributed by atoms with van der Waals surface area (Å²) < 4.78 is 0. The average Bonchev–Trinajstić information content (AvgIpc) is 2.73. The molecule has 2 nitrogen and oxygen atoms in total. The van der Waals surface area contributed by atoms with Crippen molar-refractivity contribution >= 4 is 17.3 Å². The fourth-order valence-electron chi connectivity index (χ4n) is 3.13. The number of rotatable bonds is 3. The third-order valence-electron chi connectivity index (χ3n) is 4.17. The molecule has 1 heterocycles. The molecule has 106 valence electrons. The van der Waals surface area contributed by atoms with Crippen LogP contribution in [-0.4, -0.2) is 6.54 Å². The van der Waals surface area contributed by atoms with Crippen molar-refractivity contribution < 1.29 is 0 Å². The third kappa shape index (κ3) is 2.62. The Hall–Kier alpha value is -1.98. The maximum atomic E-state index is 9.16. The van der Waals surface area contributed by atoms with Crippen molar-refractivity contribution in [3.8, 4) is 6.07 Å². The lowest BCUT2D eigenvalue weighted by Gasteiger charge is -2.24. The van der Waals surface area contributed by atoms with Gasteiger partial charge in [-0.15, -0.1) is 0 Å². The lowest BCUT2D eigenvalue weighted by atomic mass is 9.82. The highest BCUT2D eigenvalue weighted by atomic mass is 35.5. The van der Waals surface area contributed by atoms with E-state index in [1.807, 2.05) is 18.2 Å². The lowest BCUT2D eigenvalue weighted by molar-refractivity contribution is 0.508. The first-order valence-electron chi connectivity index (χ1n) is 7.08. The number of nitriles is 1. The zero-order valence-electron chi connectivity index (χ0n) is 12.0. The van der Waals surface area contributed by atoms with Crippen LogP contribution in [0.3, 0.4) is 0 Å². The molecule has 0 saturated heterocycles. The van der Waals surface area contributed by atoms with Gasteiger partial charge in [-0.05, 0) is 29.3 Å². The molecule has 2 aromatic carbocycles. The fraction of sp³-hybridized carbons (Fsp3) is 0.278. The molecular formula is C18H17ClN2. The van der Waals surface area contributed by atoms with Gasteiger partial charge in [0.05, 0.1) is 6.07 Å². The Morgan fingerprint density at radius 1 is 1.24 bits per heavy atom. The van der Waals surface area contributed by atoms with Crippen LogP contribution in [0.4, 0.5) is 5.69 Å². The minimum atomic E-state index is -0.149. The maximum absolute atomic E-state index is 9.16. The summed E-state index contributed by atoms with van der Waals surface area (Å²) >= 11 is 6.16. The van der Waals surface area contributed by atoms with Crippen molar-refractivity contribution in [1.29, 1.82) is 5.26 Å². The predicted octanol–water partition coefficient (Wildman–Crippen LogP) is 4.53. The van der Waals surface area contributed by atoms with Crippen LogP contribution < -0.4 is 4.90 Å². The largest absolute Gasteiger partial charge is 0.366 e. The van der Waals surface area contributed by atoms with E-state index in [1.165, 1.54) is 16.8 Å². The molecule has 0 saturated carbocycles. The Labute approximate surface area is 130 Å². The van der Waals surface area contributed by atoms with E-state index in [2.05, 4.69) is 48.2 Å². The van der Waals surface area contributed by atoms with E-state index in [9.17, 15) is 0 Å². The first kappa shape index (κ1) is 14.0. The van der Waals surface area contributed by atoms with Gasteiger partial charge in [-0.2, -0.15) is 5.26 Å². The minimum Gasteiger partial charge on any atom is -0.366 e. The SMILES string of the molecule is CC1(CC#N)CN(Cc2ccccc2)c2ccc(Cl)cc21. The molecular weight excluding hydrogens is 280 g/mol. The van der Waals surface area contributed by atoms with Gasteiger partial charge in [-0.25, -0.2) is 0 Å². The maximum Gasteiger partial charge on any atom is 0.0631 e. The molecule has 0 amide bonds. The van der Waals surface area contributed by atoms with E-state index < -0.39 is 0 Å². The number of fused-ring (bicyclic) bond motifs is 1. The zero-order chi connectivity index (χ0) is 14.9. The molecule has 0 spiro atoms. The van der Waals surface area contributed by atoms with Crippen LogP contribution in [0.15, 0.2) is 48.5 Å². The van der Waals surface area contributed by atoms with Gasteiger partial charge in [0.1, 0.15) is 0 Å². The van der Waals surface area contributed by atoms with Gasteiger partial charge in [-0.1, -0.05) is 48.9 Å². The molecule has 21 heavy (non-hydrogen) atoms. The van der Waals surface area contributed by atoms with Crippen LogP contribution in [0.25, 0.3) is 0 Å². The predicted molar refractivity (Wildman–Crippen MR) is 86.5 cm³/mol. The molecule has 1 aliphatic rings. The Morgan fingerprint density at radius 2 is 2.00 bits per heavy atom. The summed E-state index contributed by atoms with van der Waals surface area (Å²) in [5, 5.41) is 9.90. The van der Waals surface area contributed by atoms with Crippen molar-refractivity contribution in [2.24, 2.45) is 0 Å². The average molecular weight is 297 g/mol. The molecule has 0 aliphatic carbocycles. The second-order valence-electron chi connectivity index (χ2n) is 5.90. The Bertz CT molecular complexity index is 690.